The zero-order valence-electron chi connectivity index (χ0n) is 35.2. The van der Waals surface area contributed by atoms with Gasteiger partial charge in [0.25, 0.3) is 0 Å². The average Bonchev–Trinajstić information content (AvgIpc) is 3.13. The largest absolute Gasteiger partial charge is 0.205 e. The lowest BCUT2D eigenvalue weighted by atomic mass is 9.97. The van der Waals surface area contributed by atoms with Crippen LogP contribution < -0.4 is 4.57 Å². The van der Waals surface area contributed by atoms with Gasteiger partial charge in [-0.15, -0.1) is 0 Å². The Balaban J connectivity index is 2.26. The summed E-state index contributed by atoms with van der Waals surface area (Å²) in [5.74, 6) is 0. The number of aryl methyl sites for hydroxylation is 3. The van der Waals surface area contributed by atoms with Gasteiger partial charge in [0.2, 0.25) is 0 Å². The topological polar surface area (TPSA) is 3.88 Å². The van der Waals surface area contributed by atoms with Crippen LogP contribution in [0, 0.1) is 0 Å². The molecule has 0 unspecified atom stereocenters. The van der Waals surface area contributed by atoms with Gasteiger partial charge in [-0.05, 0) is 37.7 Å². The summed E-state index contributed by atoms with van der Waals surface area (Å²) in [5, 5.41) is 0. The third kappa shape index (κ3) is 31.9. The van der Waals surface area contributed by atoms with Gasteiger partial charge < -0.3 is 0 Å². The smallest absolute Gasteiger partial charge is 0.172 e. The van der Waals surface area contributed by atoms with Gasteiger partial charge in [-0.3, -0.25) is 0 Å². The van der Waals surface area contributed by atoms with Crippen LogP contribution in [-0.2, 0) is 19.4 Å². The Morgan fingerprint density at radius 2 is 0.560 bits per heavy atom. The van der Waals surface area contributed by atoms with Gasteiger partial charge in [-0.25, -0.2) is 4.57 Å². The van der Waals surface area contributed by atoms with Crippen LogP contribution in [0.15, 0.2) is 18.5 Å². The van der Waals surface area contributed by atoms with E-state index in [1.165, 1.54) is 263 Å². The van der Waals surface area contributed by atoms with Crippen LogP contribution in [0.3, 0.4) is 0 Å². The van der Waals surface area contributed by atoms with Gasteiger partial charge in [0.1, 0.15) is 6.54 Å². The lowest BCUT2D eigenvalue weighted by molar-refractivity contribution is -0.697. The van der Waals surface area contributed by atoms with Crippen LogP contribution in [0.25, 0.3) is 0 Å². The predicted octanol–water partition coefficient (Wildman–Crippen LogP) is 16.9. The highest BCUT2D eigenvalue weighted by atomic mass is 14.9. The number of rotatable bonds is 41. The van der Waals surface area contributed by atoms with E-state index >= 15 is 0 Å². The zero-order chi connectivity index (χ0) is 35.8. The van der Waals surface area contributed by atoms with Gasteiger partial charge in [0.05, 0.1) is 0 Å². The summed E-state index contributed by atoms with van der Waals surface area (Å²) < 4.78 is 2.54. The molecule has 0 aliphatic carbocycles. The van der Waals surface area contributed by atoms with Crippen molar-refractivity contribution in [2.75, 3.05) is 0 Å². The number of nitrogens with zero attached hydrogens (tertiary/aromatic N) is 1. The van der Waals surface area contributed by atoms with Gasteiger partial charge >= 0.3 is 0 Å². The summed E-state index contributed by atoms with van der Waals surface area (Å²) in [5.41, 5.74) is 3.34. The molecule has 0 aliphatic heterocycles. The molecule has 50 heavy (non-hydrogen) atoms. The highest BCUT2D eigenvalue weighted by Crippen LogP contribution is 2.19. The summed E-state index contributed by atoms with van der Waals surface area (Å²) in [6, 6.07) is 2.51. The Hall–Kier alpha value is -0.850. The molecule has 1 heterocycles. The van der Waals surface area contributed by atoms with E-state index in [2.05, 4.69) is 43.8 Å². The molecule has 1 heteroatoms. The summed E-state index contributed by atoms with van der Waals surface area (Å²) in [4.78, 5) is 0. The maximum absolute atomic E-state index is 2.56. The minimum Gasteiger partial charge on any atom is -0.205 e. The quantitative estimate of drug-likeness (QED) is 0.0474. The van der Waals surface area contributed by atoms with Gasteiger partial charge in [-0.1, -0.05) is 239 Å². The van der Waals surface area contributed by atoms with E-state index in [0.29, 0.717) is 0 Å². The second kappa shape index (κ2) is 39.4. The molecule has 294 valence electrons. The molecule has 0 aliphatic rings. The van der Waals surface area contributed by atoms with Crippen LogP contribution in [0.4, 0.5) is 0 Å². The highest BCUT2D eigenvalue weighted by Gasteiger charge is 2.10. The van der Waals surface area contributed by atoms with E-state index < -0.39 is 0 Å². The van der Waals surface area contributed by atoms with E-state index in [0.717, 1.165) is 0 Å². The SMILES string of the molecule is CCCCCCCCCCCCCCCCCc1cc[n+](CCCCCCCCCC)cc1CCCCCCCCCCCCCCCCC. The molecule has 1 aromatic rings. The Labute approximate surface area is 317 Å². The van der Waals surface area contributed by atoms with Crippen LogP contribution in [0.2, 0.25) is 0 Å². The van der Waals surface area contributed by atoms with Crippen molar-refractivity contribution < 1.29 is 4.57 Å². The van der Waals surface area contributed by atoms with E-state index in [9.17, 15) is 0 Å². The number of unbranched alkanes of at least 4 members (excludes halogenated alkanes) is 35. The second-order valence-corrected chi connectivity index (χ2v) is 16.6. The molecule has 1 rings (SSSR count). The number of hydrogen-bond acceptors (Lipinski definition) is 0. The predicted molar refractivity (Wildman–Crippen MR) is 227 cm³/mol. The molecule has 1 nitrogen and oxygen atoms in total. The molecule has 0 N–H and O–H groups in total. The first-order valence-electron chi connectivity index (χ1n) is 23.8. The molecule has 0 bridgehead atoms. The fourth-order valence-electron chi connectivity index (χ4n) is 8.03. The first kappa shape index (κ1) is 47.2. The standard InChI is InChI=1S/C49H94N/c1-4-7-10-13-16-19-21-23-25-27-29-31-33-36-39-42-48-44-46-50(45-41-38-35-18-15-12-9-6-3)47-49(48)43-40-37-34-32-30-28-26-24-22-20-17-14-11-8-5-2/h44,46-47H,4-43,45H2,1-3H3/q+1. The number of pyridine rings is 1. The van der Waals surface area contributed by atoms with E-state index in [1.54, 1.807) is 11.1 Å². The lowest BCUT2D eigenvalue weighted by Gasteiger charge is -2.10. The molecule has 0 spiro atoms. The first-order chi connectivity index (χ1) is 24.8. The molecule has 0 atom stereocenters. The van der Waals surface area contributed by atoms with Crippen molar-refractivity contribution in [1.29, 1.82) is 0 Å². The zero-order valence-corrected chi connectivity index (χ0v) is 35.2. The summed E-state index contributed by atoms with van der Waals surface area (Å²) in [6.45, 7) is 8.15. The second-order valence-electron chi connectivity index (χ2n) is 16.6. The number of hydrogen-bond donors (Lipinski definition) is 0. The molecule has 0 aromatic carbocycles. The normalized spacial score (nSPS) is 11.6. The van der Waals surface area contributed by atoms with Crippen LogP contribution >= 0.6 is 0 Å². The van der Waals surface area contributed by atoms with Crippen molar-refractivity contribution in [2.45, 2.75) is 284 Å². The van der Waals surface area contributed by atoms with Gasteiger partial charge in [0, 0.05) is 18.1 Å². The first-order valence-corrected chi connectivity index (χ1v) is 23.8. The maximum atomic E-state index is 2.56. The Morgan fingerprint density at radius 1 is 0.300 bits per heavy atom. The summed E-state index contributed by atoms with van der Waals surface area (Å²) in [7, 11) is 0. The molecule has 0 fully saturated rings. The monoisotopic (exact) mass is 697 g/mol. The summed E-state index contributed by atoms with van der Waals surface area (Å²) >= 11 is 0. The molecule has 0 saturated heterocycles. The molecular weight excluding hydrogens is 603 g/mol. The van der Waals surface area contributed by atoms with E-state index in [-0.39, 0.29) is 0 Å². The van der Waals surface area contributed by atoms with Crippen molar-refractivity contribution >= 4 is 0 Å². The fourth-order valence-corrected chi connectivity index (χ4v) is 8.03. The van der Waals surface area contributed by atoms with Crippen molar-refractivity contribution in [2.24, 2.45) is 0 Å². The Kier molecular flexibility index (Phi) is 37.1. The van der Waals surface area contributed by atoms with Gasteiger partial charge in [0.15, 0.2) is 12.4 Å². The molecular formula is C49H94N+. The molecule has 0 amide bonds. The highest BCUT2D eigenvalue weighted by molar-refractivity contribution is 5.21. The minimum atomic E-state index is 1.21. The number of aromatic nitrogens is 1. The van der Waals surface area contributed by atoms with Gasteiger partial charge in [-0.2, -0.15) is 0 Å². The van der Waals surface area contributed by atoms with Crippen LogP contribution in [0.1, 0.15) is 276 Å². The van der Waals surface area contributed by atoms with Crippen LogP contribution in [0.5, 0.6) is 0 Å². The molecule has 1 aromatic heterocycles. The third-order valence-corrected chi connectivity index (χ3v) is 11.6. The maximum Gasteiger partial charge on any atom is 0.172 e. The lowest BCUT2D eigenvalue weighted by Crippen LogP contribution is -2.34. The van der Waals surface area contributed by atoms with E-state index in [1.807, 2.05) is 0 Å². The molecule has 0 saturated carbocycles. The van der Waals surface area contributed by atoms with Crippen molar-refractivity contribution in [3.8, 4) is 0 Å². The van der Waals surface area contributed by atoms with E-state index in [4.69, 9.17) is 0 Å². The average molecular weight is 697 g/mol. The fraction of sp³-hybridized carbons (Fsp3) is 0.898. The van der Waals surface area contributed by atoms with Crippen molar-refractivity contribution in [3.05, 3.63) is 29.6 Å². The van der Waals surface area contributed by atoms with Crippen molar-refractivity contribution in [3.63, 3.8) is 0 Å². The minimum absolute atomic E-state index is 1.21. The molecule has 0 radical (unpaired) electrons. The van der Waals surface area contributed by atoms with Crippen molar-refractivity contribution in [1.82, 2.24) is 0 Å². The van der Waals surface area contributed by atoms with Crippen LogP contribution in [-0.4, -0.2) is 0 Å². The Bertz CT molecular complexity index is 783. The summed E-state index contributed by atoms with van der Waals surface area (Å²) in [6.07, 6.45) is 62.3. The Morgan fingerprint density at radius 3 is 0.880 bits per heavy atom. The third-order valence-electron chi connectivity index (χ3n) is 11.6.